The first-order valence-corrected chi connectivity index (χ1v) is 5.74. The minimum atomic E-state index is -0.107. The Labute approximate surface area is 77.3 Å². The molecule has 0 aromatic rings. The van der Waals surface area contributed by atoms with Crippen molar-refractivity contribution in [2.24, 2.45) is 11.7 Å². The maximum Gasteiger partial charge on any atom is 0.136 e. The molecule has 1 unspecified atom stereocenters. The lowest BCUT2D eigenvalue weighted by atomic mass is 9.67. The van der Waals surface area contributed by atoms with Gasteiger partial charge in [0.25, 0.3) is 0 Å². The molecule has 0 spiro atoms. The molecule has 0 aromatic carbocycles. The molecule has 2 nitrogen and oxygen atoms in total. The smallest absolute Gasteiger partial charge is 0.136 e. The molecule has 1 saturated heterocycles. The van der Waals surface area contributed by atoms with Gasteiger partial charge in [-0.3, -0.25) is 4.79 Å². The highest BCUT2D eigenvalue weighted by molar-refractivity contribution is 7.99. The van der Waals surface area contributed by atoms with Crippen LogP contribution < -0.4 is 5.73 Å². The Morgan fingerprint density at radius 3 is 2.75 bits per heavy atom. The average molecular weight is 185 g/mol. The van der Waals surface area contributed by atoms with Gasteiger partial charge >= 0.3 is 0 Å². The van der Waals surface area contributed by atoms with Gasteiger partial charge in [-0.25, -0.2) is 0 Å². The minimum Gasteiger partial charge on any atom is -0.324 e. The van der Waals surface area contributed by atoms with Crippen molar-refractivity contribution in [3.8, 4) is 0 Å². The van der Waals surface area contributed by atoms with E-state index < -0.39 is 0 Å². The highest BCUT2D eigenvalue weighted by atomic mass is 32.2. The molecule has 3 heteroatoms. The first-order valence-electron chi connectivity index (χ1n) is 4.59. The van der Waals surface area contributed by atoms with E-state index >= 15 is 0 Å². The lowest BCUT2D eigenvalue weighted by molar-refractivity contribution is -0.129. The summed E-state index contributed by atoms with van der Waals surface area (Å²) in [5, 5.41) is 0. The van der Waals surface area contributed by atoms with E-state index in [2.05, 4.69) is 0 Å². The van der Waals surface area contributed by atoms with Gasteiger partial charge in [0.2, 0.25) is 0 Å². The lowest BCUT2D eigenvalue weighted by Crippen LogP contribution is -2.58. The lowest BCUT2D eigenvalue weighted by Gasteiger charge is -2.44. The van der Waals surface area contributed by atoms with Crippen molar-refractivity contribution in [3.05, 3.63) is 0 Å². The van der Waals surface area contributed by atoms with Gasteiger partial charge in [0.15, 0.2) is 0 Å². The summed E-state index contributed by atoms with van der Waals surface area (Å²) in [4.78, 5) is 10.9. The van der Waals surface area contributed by atoms with Gasteiger partial charge in [0.05, 0.1) is 0 Å². The normalized spacial score (nSPS) is 34.4. The second-order valence-corrected chi connectivity index (χ2v) is 5.19. The van der Waals surface area contributed by atoms with E-state index in [9.17, 15) is 4.79 Å². The number of hydrogen-bond acceptors (Lipinski definition) is 3. The molecule has 0 radical (unpaired) electrons. The van der Waals surface area contributed by atoms with E-state index in [1.54, 1.807) is 0 Å². The summed E-state index contributed by atoms with van der Waals surface area (Å²) in [5.74, 6) is 3.41. The maximum absolute atomic E-state index is 10.9. The summed E-state index contributed by atoms with van der Waals surface area (Å²) in [6.07, 6.45) is 3.79. The molecule has 1 aliphatic heterocycles. The molecule has 2 fully saturated rings. The Morgan fingerprint density at radius 2 is 2.25 bits per heavy atom. The third-order valence-electron chi connectivity index (χ3n) is 3.03. The predicted octanol–water partition coefficient (Wildman–Crippen LogP) is 1.19. The monoisotopic (exact) mass is 185 g/mol. The van der Waals surface area contributed by atoms with Crippen molar-refractivity contribution < 1.29 is 4.79 Å². The van der Waals surface area contributed by atoms with Crippen molar-refractivity contribution in [1.82, 2.24) is 0 Å². The van der Waals surface area contributed by atoms with Crippen molar-refractivity contribution in [2.45, 2.75) is 31.2 Å². The fourth-order valence-electron chi connectivity index (χ4n) is 2.17. The second kappa shape index (κ2) is 3.04. The van der Waals surface area contributed by atoms with Gasteiger partial charge in [0, 0.05) is 18.4 Å². The predicted molar refractivity (Wildman–Crippen MR) is 51.2 cm³/mol. The van der Waals surface area contributed by atoms with Crippen LogP contribution in [0.2, 0.25) is 0 Å². The summed E-state index contributed by atoms with van der Waals surface area (Å²) < 4.78 is 0. The zero-order chi connectivity index (χ0) is 8.60. The van der Waals surface area contributed by atoms with Gasteiger partial charge in [-0.15, -0.1) is 0 Å². The van der Waals surface area contributed by atoms with E-state index in [0.717, 1.165) is 0 Å². The van der Waals surface area contributed by atoms with Crippen LogP contribution in [-0.2, 0) is 4.79 Å². The molecule has 2 rings (SSSR count). The van der Waals surface area contributed by atoms with Crippen molar-refractivity contribution >= 4 is 17.5 Å². The molecule has 1 aliphatic carbocycles. The maximum atomic E-state index is 10.9. The molecular weight excluding hydrogens is 170 g/mol. The number of carbonyl (C=O) groups excluding carboxylic acids is 1. The van der Waals surface area contributed by atoms with E-state index in [0.29, 0.717) is 24.5 Å². The van der Waals surface area contributed by atoms with Crippen LogP contribution in [0.3, 0.4) is 0 Å². The van der Waals surface area contributed by atoms with Gasteiger partial charge < -0.3 is 5.73 Å². The van der Waals surface area contributed by atoms with Gasteiger partial charge in [-0.1, -0.05) is 0 Å². The van der Waals surface area contributed by atoms with Crippen LogP contribution in [0.4, 0.5) is 0 Å². The number of nitrogens with two attached hydrogens (primary N) is 1. The van der Waals surface area contributed by atoms with Gasteiger partial charge in [0.1, 0.15) is 5.78 Å². The van der Waals surface area contributed by atoms with E-state index in [1.807, 2.05) is 11.8 Å². The Kier molecular flexibility index (Phi) is 2.17. The first kappa shape index (κ1) is 8.57. The zero-order valence-electron chi connectivity index (χ0n) is 7.21. The van der Waals surface area contributed by atoms with E-state index in [1.165, 1.54) is 24.3 Å². The standard InChI is InChI=1S/C9H15NOS/c10-9(4-8(11)5-9)7-2-1-3-12-6-7/h7H,1-6,10H2. The highest BCUT2D eigenvalue weighted by Gasteiger charge is 2.46. The molecular formula is C9H15NOS. The van der Waals surface area contributed by atoms with Crippen LogP contribution in [0.25, 0.3) is 0 Å². The molecule has 1 heterocycles. The van der Waals surface area contributed by atoms with Crippen LogP contribution in [0, 0.1) is 5.92 Å². The number of hydrogen-bond donors (Lipinski definition) is 1. The molecule has 1 saturated carbocycles. The Morgan fingerprint density at radius 1 is 1.50 bits per heavy atom. The number of Topliss-reactive ketones (excluding diaryl/α,β-unsaturated/α-hetero) is 1. The minimum absolute atomic E-state index is 0.107. The second-order valence-electron chi connectivity index (χ2n) is 4.04. The molecule has 68 valence electrons. The summed E-state index contributed by atoms with van der Waals surface area (Å²) in [5.41, 5.74) is 6.03. The molecule has 2 aliphatic rings. The molecule has 0 bridgehead atoms. The summed E-state index contributed by atoms with van der Waals surface area (Å²) >= 11 is 1.99. The summed E-state index contributed by atoms with van der Waals surface area (Å²) in [7, 11) is 0. The fourth-order valence-corrected chi connectivity index (χ4v) is 3.49. The average Bonchev–Trinajstić information content (AvgIpc) is 2.04. The van der Waals surface area contributed by atoms with E-state index in [-0.39, 0.29) is 5.54 Å². The fraction of sp³-hybridized carbons (Fsp3) is 0.889. The van der Waals surface area contributed by atoms with Gasteiger partial charge in [-0.2, -0.15) is 11.8 Å². The van der Waals surface area contributed by atoms with Crippen molar-refractivity contribution in [3.63, 3.8) is 0 Å². The summed E-state index contributed by atoms with van der Waals surface area (Å²) in [6.45, 7) is 0. The highest BCUT2D eigenvalue weighted by Crippen LogP contribution is 2.39. The summed E-state index contributed by atoms with van der Waals surface area (Å²) in [6, 6.07) is 0. The van der Waals surface area contributed by atoms with Crippen molar-refractivity contribution in [1.29, 1.82) is 0 Å². The molecule has 2 N–H and O–H groups in total. The first-order chi connectivity index (χ1) is 5.71. The van der Waals surface area contributed by atoms with Crippen LogP contribution in [0.1, 0.15) is 25.7 Å². The topological polar surface area (TPSA) is 43.1 Å². The number of thioether (sulfide) groups is 1. The zero-order valence-corrected chi connectivity index (χ0v) is 8.03. The largest absolute Gasteiger partial charge is 0.324 e. The number of rotatable bonds is 1. The number of ketones is 1. The molecule has 0 amide bonds. The SMILES string of the molecule is NC1(C2CCCSC2)CC(=O)C1. The van der Waals surface area contributed by atoms with Gasteiger partial charge in [-0.05, 0) is 30.3 Å². The van der Waals surface area contributed by atoms with Crippen LogP contribution >= 0.6 is 11.8 Å². The molecule has 12 heavy (non-hydrogen) atoms. The van der Waals surface area contributed by atoms with Crippen LogP contribution in [0.15, 0.2) is 0 Å². The molecule has 0 aromatic heterocycles. The Bertz CT molecular complexity index is 191. The Hall–Kier alpha value is -0.0200. The quantitative estimate of drug-likeness (QED) is 0.667. The third-order valence-corrected chi connectivity index (χ3v) is 4.24. The van der Waals surface area contributed by atoms with Crippen LogP contribution in [-0.4, -0.2) is 22.8 Å². The molecule has 1 atom stereocenters. The van der Waals surface area contributed by atoms with E-state index in [4.69, 9.17) is 5.73 Å². The number of carbonyl (C=O) groups is 1. The third kappa shape index (κ3) is 1.40. The Balaban J connectivity index is 1.94. The van der Waals surface area contributed by atoms with Crippen molar-refractivity contribution in [2.75, 3.05) is 11.5 Å². The van der Waals surface area contributed by atoms with Crippen LogP contribution in [0.5, 0.6) is 0 Å².